The summed E-state index contributed by atoms with van der Waals surface area (Å²) in [4.78, 5) is 28.6. The summed E-state index contributed by atoms with van der Waals surface area (Å²) in [6.45, 7) is 2.12. The van der Waals surface area contributed by atoms with Gasteiger partial charge < -0.3 is 19.4 Å². The molecule has 0 bridgehead atoms. The number of carbonyl (C=O) groups excluding carboxylic acids is 2. The summed E-state index contributed by atoms with van der Waals surface area (Å²) in [5, 5.41) is 10.2. The number of nitrogens with zero attached hydrogens (tertiary/aromatic N) is 1. The average molecular weight is 316 g/mol. The third-order valence-corrected chi connectivity index (χ3v) is 4.32. The fourth-order valence-electron chi connectivity index (χ4n) is 3.08. The number of furan rings is 1. The Balaban J connectivity index is 1.70. The maximum Gasteiger partial charge on any atom is 0.270 e. The zero-order valence-electron chi connectivity index (χ0n) is 13.0. The van der Waals surface area contributed by atoms with Crippen LogP contribution in [0.3, 0.4) is 0 Å². The van der Waals surface area contributed by atoms with Gasteiger partial charge in [0, 0.05) is 30.8 Å². The Labute approximate surface area is 134 Å². The molecule has 1 saturated heterocycles. The third kappa shape index (κ3) is 3.22. The highest BCUT2D eigenvalue weighted by Crippen LogP contribution is 2.28. The number of aromatic nitrogens is 1. The first kappa shape index (κ1) is 15.6. The lowest BCUT2D eigenvalue weighted by molar-refractivity contribution is 0.0636. The van der Waals surface area contributed by atoms with Gasteiger partial charge in [-0.15, -0.1) is 0 Å². The summed E-state index contributed by atoms with van der Waals surface area (Å²) >= 11 is 0. The first-order valence-corrected chi connectivity index (χ1v) is 7.78. The van der Waals surface area contributed by atoms with E-state index < -0.39 is 6.10 Å². The highest BCUT2D eigenvalue weighted by molar-refractivity contribution is 5.99. The van der Waals surface area contributed by atoms with E-state index in [2.05, 4.69) is 4.98 Å². The molecule has 6 heteroatoms. The Morgan fingerprint density at radius 1 is 1.52 bits per heavy atom. The van der Waals surface area contributed by atoms with E-state index >= 15 is 0 Å². The van der Waals surface area contributed by atoms with E-state index in [0.29, 0.717) is 30.0 Å². The van der Waals surface area contributed by atoms with Gasteiger partial charge in [-0.2, -0.15) is 0 Å². The standard InChI is InChI=1S/C17H20N2O4/c1-11(20)12-8-14(18-10-12)17(22)19-6-2-4-13(19)9-15(21)16-5-3-7-23-16/h3,5,7-8,10,13,15,18,21H,2,4,6,9H2,1H3. The topological polar surface area (TPSA) is 86.5 Å². The zero-order chi connectivity index (χ0) is 16.4. The van der Waals surface area contributed by atoms with E-state index in [1.165, 1.54) is 13.2 Å². The Hall–Kier alpha value is -2.34. The first-order valence-electron chi connectivity index (χ1n) is 7.78. The van der Waals surface area contributed by atoms with E-state index in [0.717, 1.165) is 12.8 Å². The van der Waals surface area contributed by atoms with Crippen molar-refractivity contribution in [3.8, 4) is 0 Å². The van der Waals surface area contributed by atoms with Crippen LogP contribution >= 0.6 is 0 Å². The Morgan fingerprint density at radius 3 is 3.00 bits per heavy atom. The fourth-order valence-corrected chi connectivity index (χ4v) is 3.08. The number of H-pyrrole nitrogens is 1. The van der Waals surface area contributed by atoms with Crippen molar-refractivity contribution in [2.75, 3.05) is 6.54 Å². The minimum absolute atomic E-state index is 0.0355. The average Bonchev–Trinajstić information content (AvgIpc) is 3.27. The first-order chi connectivity index (χ1) is 11.1. The number of rotatable bonds is 5. The van der Waals surface area contributed by atoms with E-state index in [-0.39, 0.29) is 17.7 Å². The Kier molecular flexibility index (Phi) is 4.34. The van der Waals surface area contributed by atoms with Gasteiger partial charge in [0.05, 0.1) is 6.26 Å². The molecule has 6 nitrogen and oxygen atoms in total. The molecular weight excluding hydrogens is 296 g/mol. The van der Waals surface area contributed by atoms with E-state index in [4.69, 9.17) is 4.42 Å². The summed E-state index contributed by atoms with van der Waals surface area (Å²) < 4.78 is 5.22. The number of likely N-dealkylation sites (tertiary alicyclic amines) is 1. The van der Waals surface area contributed by atoms with Crippen molar-refractivity contribution in [3.05, 3.63) is 47.7 Å². The van der Waals surface area contributed by atoms with Gasteiger partial charge in [-0.05, 0) is 38.0 Å². The predicted octanol–water partition coefficient (Wildman–Crippen LogP) is 2.54. The molecule has 0 spiro atoms. The molecule has 1 amide bonds. The van der Waals surface area contributed by atoms with Crippen LogP contribution in [-0.2, 0) is 0 Å². The second-order valence-corrected chi connectivity index (χ2v) is 5.92. The van der Waals surface area contributed by atoms with Gasteiger partial charge >= 0.3 is 0 Å². The molecule has 0 saturated carbocycles. The quantitative estimate of drug-likeness (QED) is 0.830. The number of aliphatic hydroxyl groups excluding tert-OH is 1. The molecule has 2 atom stereocenters. The molecule has 0 aliphatic carbocycles. The smallest absolute Gasteiger partial charge is 0.270 e. The van der Waals surface area contributed by atoms with Gasteiger partial charge in [0.25, 0.3) is 5.91 Å². The lowest BCUT2D eigenvalue weighted by Gasteiger charge is -2.25. The minimum atomic E-state index is -0.722. The van der Waals surface area contributed by atoms with Crippen LogP contribution in [0.4, 0.5) is 0 Å². The van der Waals surface area contributed by atoms with Crippen LogP contribution in [0.2, 0.25) is 0 Å². The van der Waals surface area contributed by atoms with Crippen molar-refractivity contribution < 1.29 is 19.1 Å². The minimum Gasteiger partial charge on any atom is -0.467 e. The molecule has 2 unspecified atom stereocenters. The molecule has 2 aromatic heterocycles. The van der Waals surface area contributed by atoms with Gasteiger partial charge in [-0.3, -0.25) is 9.59 Å². The highest BCUT2D eigenvalue weighted by atomic mass is 16.4. The summed E-state index contributed by atoms with van der Waals surface area (Å²) in [6, 6.07) is 5.02. The molecule has 3 heterocycles. The van der Waals surface area contributed by atoms with Gasteiger partial charge in [-0.25, -0.2) is 0 Å². The van der Waals surface area contributed by atoms with Crippen LogP contribution in [0, 0.1) is 0 Å². The number of nitrogens with one attached hydrogen (secondary N) is 1. The van der Waals surface area contributed by atoms with Crippen molar-refractivity contribution in [1.29, 1.82) is 0 Å². The van der Waals surface area contributed by atoms with Crippen molar-refractivity contribution in [2.24, 2.45) is 0 Å². The van der Waals surface area contributed by atoms with Crippen molar-refractivity contribution in [2.45, 2.75) is 38.3 Å². The van der Waals surface area contributed by atoms with Gasteiger partial charge in [0.2, 0.25) is 0 Å². The molecule has 122 valence electrons. The molecule has 2 aromatic rings. The third-order valence-electron chi connectivity index (χ3n) is 4.32. The SMILES string of the molecule is CC(=O)c1c[nH]c(C(=O)N2CCCC2CC(O)c2ccco2)c1. The van der Waals surface area contributed by atoms with Gasteiger partial charge in [0.1, 0.15) is 17.6 Å². The van der Waals surface area contributed by atoms with Crippen molar-refractivity contribution in [3.63, 3.8) is 0 Å². The zero-order valence-corrected chi connectivity index (χ0v) is 13.0. The maximum atomic E-state index is 12.6. The van der Waals surface area contributed by atoms with Gasteiger partial charge in [-0.1, -0.05) is 0 Å². The van der Waals surface area contributed by atoms with Crippen LogP contribution in [0.5, 0.6) is 0 Å². The van der Waals surface area contributed by atoms with Crippen LogP contribution in [-0.4, -0.2) is 39.3 Å². The second-order valence-electron chi connectivity index (χ2n) is 5.92. The molecule has 1 aliphatic rings. The normalized spacial score (nSPS) is 19.0. The van der Waals surface area contributed by atoms with E-state index in [9.17, 15) is 14.7 Å². The Bertz CT molecular complexity index is 689. The van der Waals surface area contributed by atoms with Crippen LogP contribution < -0.4 is 0 Å². The number of carbonyl (C=O) groups is 2. The molecule has 0 aromatic carbocycles. The molecule has 1 fully saturated rings. The number of hydrogen-bond acceptors (Lipinski definition) is 4. The van der Waals surface area contributed by atoms with Crippen LogP contribution in [0.1, 0.15) is 58.9 Å². The summed E-state index contributed by atoms with van der Waals surface area (Å²) in [5.41, 5.74) is 0.911. The monoisotopic (exact) mass is 316 g/mol. The fraction of sp³-hybridized carbons (Fsp3) is 0.412. The van der Waals surface area contributed by atoms with E-state index in [1.807, 2.05) is 0 Å². The summed E-state index contributed by atoms with van der Waals surface area (Å²) in [6.07, 6.45) is 4.56. The number of hydrogen-bond donors (Lipinski definition) is 2. The van der Waals surface area contributed by atoms with Crippen molar-refractivity contribution in [1.82, 2.24) is 9.88 Å². The lowest BCUT2D eigenvalue weighted by atomic mass is 10.0. The molecule has 3 rings (SSSR count). The Morgan fingerprint density at radius 2 is 2.35 bits per heavy atom. The second kappa shape index (κ2) is 6.42. The summed E-state index contributed by atoms with van der Waals surface area (Å²) in [7, 11) is 0. The lowest BCUT2D eigenvalue weighted by Crippen LogP contribution is -2.36. The molecular formula is C17H20N2O4. The van der Waals surface area contributed by atoms with Crippen LogP contribution in [0.25, 0.3) is 0 Å². The molecule has 2 N–H and O–H groups in total. The number of aromatic amines is 1. The molecule has 23 heavy (non-hydrogen) atoms. The van der Waals surface area contributed by atoms with E-state index in [1.54, 1.807) is 29.3 Å². The van der Waals surface area contributed by atoms with Crippen molar-refractivity contribution >= 4 is 11.7 Å². The van der Waals surface area contributed by atoms with Gasteiger partial charge in [0.15, 0.2) is 5.78 Å². The number of aliphatic hydroxyl groups is 1. The largest absolute Gasteiger partial charge is 0.467 e. The maximum absolute atomic E-state index is 12.6. The molecule has 1 aliphatic heterocycles. The number of amides is 1. The highest BCUT2D eigenvalue weighted by Gasteiger charge is 2.32. The summed E-state index contributed by atoms with van der Waals surface area (Å²) in [5.74, 6) is 0.307. The number of Topliss-reactive ketones (excluding diaryl/α,β-unsaturated/α-hetero) is 1. The predicted molar refractivity (Wildman–Crippen MR) is 83.1 cm³/mol. The molecule has 0 radical (unpaired) electrons. The van der Waals surface area contributed by atoms with Crippen LogP contribution in [0.15, 0.2) is 35.1 Å². The number of ketones is 1.